The molecule has 3 heterocycles. The molecule has 1 aromatic carbocycles. The van der Waals surface area contributed by atoms with Gasteiger partial charge in [-0.15, -0.1) is 0 Å². The zero-order chi connectivity index (χ0) is 20.5. The number of benzene rings is 1. The molecule has 0 aliphatic carbocycles. The van der Waals surface area contributed by atoms with Crippen molar-refractivity contribution in [2.75, 3.05) is 30.4 Å². The number of aromatic nitrogens is 4. The largest absolute Gasteiger partial charge is 0.465 e. The average molecular weight is 395 g/mol. The summed E-state index contributed by atoms with van der Waals surface area (Å²) in [4.78, 5) is 22.5. The summed E-state index contributed by atoms with van der Waals surface area (Å²) in [6, 6.07) is 7.94. The Balaban J connectivity index is 1.69. The maximum atomic E-state index is 11.1. The van der Waals surface area contributed by atoms with Gasteiger partial charge in [0.25, 0.3) is 0 Å². The van der Waals surface area contributed by atoms with Crippen LogP contribution in [-0.2, 0) is 0 Å². The van der Waals surface area contributed by atoms with Crippen molar-refractivity contribution in [3.05, 3.63) is 30.0 Å². The molecule has 0 radical (unpaired) electrons. The maximum absolute atomic E-state index is 11.1. The first-order valence-electron chi connectivity index (χ1n) is 9.69. The molecule has 0 saturated carbocycles. The number of hydrogen-bond acceptors (Lipinski definition) is 6. The van der Waals surface area contributed by atoms with E-state index in [4.69, 9.17) is 5.11 Å². The van der Waals surface area contributed by atoms with Gasteiger partial charge in [0, 0.05) is 37.2 Å². The molecule has 4 rings (SSSR count). The van der Waals surface area contributed by atoms with Crippen molar-refractivity contribution in [2.24, 2.45) is 5.92 Å². The molecule has 152 valence electrons. The molecular weight excluding hydrogens is 370 g/mol. The molecule has 0 bridgehead atoms. The third-order valence-electron chi connectivity index (χ3n) is 5.30. The molecular formula is C20H25N7O2. The Hall–Kier alpha value is -3.36. The zero-order valence-corrected chi connectivity index (χ0v) is 16.7. The number of carbonyl (C=O) groups is 1. The smallest absolute Gasteiger partial charge is 0.404 e. The van der Waals surface area contributed by atoms with Gasteiger partial charge in [0.05, 0.1) is 22.9 Å². The summed E-state index contributed by atoms with van der Waals surface area (Å²) >= 11 is 0. The van der Waals surface area contributed by atoms with Crippen molar-refractivity contribution < 1.29 is 9.90 Å². The monoisotopic (exact) mass is 395 g/mol. The molecule has 1 fully saturated rings. The molecule has 2 atom stereocenters. The molecule has 0 spiro atoms. The predicted octanol–water partition coefficient (Wildman–Crippen LogP) is 2.85. The Morgan fingerprint density at radius 3 is 2.86 bits per heavy atom. The second-order valence-corrected chi connectivity index (χ2v) is 7.65. The van der Waals surface area contributed by atoms with Crippen molar-refractivity contribution >= 4 is 28.8 Å². The first-order chi connectivity index (χ1) is 13.9. The number of anilines is 2. The highest BCUT2D eigenvalue weighted by molar-refractivity contribution is 5.85. The van der Waals surface area contributed by atoms with Gasteiger partial charge in [0.1, 0.15) is 5.82 Å². The summed E-state index contributed by atoms with van der Waals surface area (Å²) in [5.41, 5.74) is 3.69. The van der Waals surface area contributed by atoms with Crippen LogP contribution in [0.25, 0.3) is 22.2 Å². The Labute approximate surface area is 168 Å². The fourth-order valence-electron chi connectivity index (χ4n) is 3.99. The number of nitrogens with one attached hydrogen (secondary N) is 3. The minimum absolute atomic E-state index is 0.128. The standard InChI is InChI=1S/C20H25N7O2/c1-11-6-14(22-20(28)29)10-27(9-11)18-8-16(23-19(21-3)24-18)13-4-5-15-12(2)25-26-17(15)7-13/h4-5,7-8,11,14,22H,6,9-10H2,1-3H3,(H,25,26)(H,28,29)(H,21,23,24)/t11-,14-/m1/s1. The normalized spacial score (nSPS) is 19.3. The van der Waals surface area contributed by atoms with Crippen LogP contribution in [0.1, 0.15) is 19.0 Å². The van der Waals surface area contributed by atoms with Crippen LogP contribution in [0.5, 0.6) is 0 Å². The van der Waals surface area contributed by atoms with Gasteiger partial charge in [0.15, 0.2) is 0 Å². The van der Waals surface area contributed by atoms with E-state index in [1.807, 2.05) is 31.2 Å². The van der Waals surface area contributed by atoms with Gasteiger partial charge in [0.2, 0.25) is 5.95 Å². The fraction of sp³-hybridized carbons (Fsp3) is 0.400. The molecule has 9 heteroatoms. The molecule has 2 aromatic heterocycles. The third kappa shape index (κ3) is 3.94. The summed E-state index contributed by atoms with van der Waals surface area (Å²) in [5.74, 6) is 1.66. The van der Waals surface area contributed by atoms with Crippen molar-refractivity contribution in [1.29, 1.82) is 0 Å². The van der Waals surface area contributed by atoms with E-state index in [-0.39, 0.29) is 6.04 Å². The molecule has 1 aliphatic rings. The van der Waals surface area contributed by atoms with Crippen molar-refractivity contribution in [3.63, 3.8) is 0 Å². The second kappa shape index (κ2) is 7.57. The lowest BCUT2D eigenvalue weighted by atomic mass is 9.96. The highest BCUT2D eigenvalue weighted by atomic mass is 16.4. The number of aromatic amines is 1. The first kappa shape index (κ1) is 19.0. The number of fused-ring (bicyclic) bond motifs is 1. The molecule has 3 aromatic rings. The van der Waals surface area contributed by atoms with E-state index in [9.17, 15) is 4.79 Å². The minimum atomic E-state index is -0.994. The van der Waals surface area contributed by atoms with Crippen LogP contribution in [0.4, 0.5) is 16.6 Å². The molecule has 0 unspecified atom stereocenters. The lowest BCUT2D eigenvalue weighted by Gasteiger charge is -2.37. The van der Waals surface area contributed by atoms with Gasteiger partial charge in [-0.25, -0.2) is 9.78 Å². The number of rotatable bonds is 4. The van der Waals surface area contributed by atoms with Crippen molar-refractivity contribution in [3.8, 4) is 11.3 Å². The third-order valence-corrected chi connectivity index (χ3v) is 5.30. The van der Waals surface area contributed by atoms with Crippen molar-refractivity contribution in [2.45, 2.75) is 26.3 Å². The van der Waals surface area contributed by atoms with E-state index in [2.05, 4.69) is 42.6 Å². The average Bonchev–Trinajstić information content (AvgIpc) is 3.07. The van der Waals surface area contributed by atoms with Gasteiger partial charge in [-0.05, 0) is 25.3 Å². The lowest BCUT2D eigenvalue weighted by molar-refractivity contribution is 0.186. The van der Waals surface area contributed by atoms with Gasteiger partial charge >= 0.3 is 6.09 Å². The number of piperidine rings is 1. The van der Waals surface area contributed by atoms with Crippen LogP contribution in [0, 0.1) is 12.8 Å². The predicted molar refractivity (Wildman–Crippen MR) is 112 cm³/mol. The van der Waals surface area contributed by atoms with Gasteiger partial charge in [-0.3, -0.25) is 5.10 Å². The van der Waals surface area contributed by atoms with Crippen LogP contribution in [0.15, 0.2) is 24.3 Å². The second-order valence-electron chi connectivity index (χ2n) is 7.65. The minimum Gasteiger partial charge on any atom is -0.465 e. The Morgan fingerprint density at radius 2 is 2.10 bits per heavy atom. The van der Waals surface area contributed by atoms with Crippen LogP contribution in [0.2, 0.25) is 0 Å². The summed E-state index contributed by atoms with van der Waals surface area (Å²) in [6.07, 6.45) is -0.179. The summed E-state index contributed by atoms with van der Waals surface area (Å²) in [5, 5.41) is 23.1. The van der Waals surface area contributed by atoms with Gasteiger partial charge < -0.3 is 20.6 Å². The highest BCUT2D eigenvalue weighted by Gasteiger charge is 2.27. The summed E-state index contributed by atoms with van der Waals surface area (Å²) in [6.45, 7) is 5.49. The van der Waals surface area contributed by atoms with Crippen LogP contribution in [-0.4, -0.2) is 57.5 Å². The van der Waals surface area contributed by atoms with E-state index in [0.717, 1.165) is 46.6 Å². The molecule has 1 amide bonds. The molecule has 4 N–H and O–H groups in total. The molecule has 9 nitrogen and oxygen atoms in total. The highest BCUT2D eigenvalue weighted by Crippen LogP contribution is 2.29. The lowest BCUT2D eigenvalue weighted by Crippen LogP contribution is -2.50. The number of nitrogens with zero attached hydrogens (tertiary/aromatic N) is 4. The number of aryl methyl sites for hydroxylation is 1. The van der Waals surface area contributed by atoms with E-state index < -0.39 is 6.09 Å². The summed E-state index contributed by atoms with van der Waals surface area (Å²) in [7, 11) is 1.79. The first-order valence-corrected chi connectivity index (χ1v) is 9.69. The number of hydrogen-bond donors (Lipinski definition) is 4. The van der Waals surface area contributed by atoms with E-state index in [1.165, 1.54) is 0 Å². The van der Waals surface area contributed by atoms with Crippen LogP contribution >= 0.6 is 0 Å². The Kier molecular flexibility index (Phi) is 4.96. The molecule has 1 saturated heterocycles. The van der Waals surface area contributed by atoms with Crippen molar-refractivity contribution in [1.82, 2.24) is 25.5 Å². The van der Waals surface area contributed by atoms with E-state index in [1.54, 1.807) is 7.05 Å². The van der Waals surface area contributed by atoms with Crippen LogP contribution in [0.3, 0.4) is 0 Å². The van der Waals surface area contributed by atoms with E-state index in [0.29, 0.717) is 18.4 Å². The van der Waals surface area contributed by atoms with Gasteiger partial charge in [-0.2, -0.15) is 10.1 Å². The number of amides is 1. The maximum Gasteiger partial charge on any atom is 0.404 e. The number of carboxylic acid groups (broad SMARTS) is 1. The number of H-pyrrole nitrogens is 1. The molecule has 1 aliphatic heterocycles. The SMILES string of the molecule is CNc1nc(-c2ccc3c(C)n[nH]c3c2)cc(N2C[C@H](C)C[C@@H](NC(=O)O)C2)n1. The fourth-order valence-corrected chi connectivity index (χ4v) is 3.99. The zero-order valence-electron chi connectivity index (χ0n) is 16.7. The quantitative estimate of drug-likeness (QED) is 0.536. The topological polar surface area (TPSA) is 119 Å². The Bertz CT molecular complexity index is 1050. The van der Waals surface area contributed by atoms with Gasteiger partial charge in [-0.1, -0.05) is 19.1 Å². The van der Waals surface area contributed by atoms with Crippen LogP contribution < -0.4 is 15.5 Å². The summed E-state index contributed by atoms with van der Waals surface area (Å²) < 4.78 is 0. The van der Waals surface area contributed by atoms with E-state index >= 15 is 0 Å². The molecule has 29 heavy (non-hydrogen) atoms. The Morgan fingerprint density at radius 1 is 1.28 bits per heavy atom.